The van der Waals surface area contributed by atoms with Crippen LogP contribution in [-0.2, 0) is 6.18 Å². The van der Waals surface area contributed by atoms with Gasteiger partial charge in [-0.3, -0.25) is 0 Å². The quantitative estimate of drug-likeness (QED) is 0.713. The van der Waals surface area contributed by atoms with Gasteiger partial charge in [-0.1, -0.05) is 12.2 Å². The van der Waals surface area contributed by atoms with E-state index < -0.39 is 17.5 Å². The van der Waals surface area contributed by atoms with Crippen molar-refractivity contribution in [1.82, 2.24) is 0 Å². The highest BCUT2D eigenvalue weighted by Crippen LogP contribution is 2.32. The van der Waals surface area contributed by atoms with Crippen LogP contribution in [0.2, 0.25) is 0 Å². The van der Waals surface area contributed by atoms with Crippen molar-refractivity contribution in [3.05, 3.63) is 29.3 Å². The zero-order chi connectivity index (χ0) is 10.9. The molecule has 2 nitrogen and oxygen atoms in total. The molecule has 0 saturated heterocycles. The second-order valence-electron chi connectivity index (χ2n) is 2.63. The molecule has 0 atom stereocenters. The van der Waals surface area contributed by atoms with E-state index in [1.165, 1.54) is 0 Å². The van der Waals surface area contributed by atoms with Crippen molar-refractivity contribution in [2.24, 2.45) is 5.73 Å². The minimum atomic E-state index is -4.52. The molecule has 0 amide bonds. The predicted octanol–water partition coefficient (Wildman–Crippen LogP) is 2.05. The smallest absolute Gasteiger partial charge is 0.416 e. The van der Waals surface area contributed by atoms with Gasteiger partial charge in [-0.05, 0) is 18.2 Å². The summed E-state index contributed by atoms with van der Waals surface area (Å²) in [6.07, 6.45) is -4.52. The van der Waals surface area contributed by atoms with E-state index >= 15 is 0 Å². The van der Waals surface area contributed by atoms with E-state index in [1.54, 1.807) is 0 Å². The summed E-state index contributed by atoms with van der Waals surface area (Å²) in [5, 5.41) is 8.99. The summed E-state index contributed by atoms with van der Waals surface area (Å²) in [6, 6.07) is 2.49. The normalized spacial score (nSPS) is 11.4. The van der Waals surface area contributed by atoms with E-state index in [-0.39, 0.29) is 10.6 Å². The fraction of sp³-hybridized carbons (Fsp3) is 0.125. The van der Waals surface area contributed by atoms with E-state index in [1.807, 2.05) is 0 Å². The number of phenolic OH excluding ortho intramolecular Hbond substituents is 1. The first kappa shape index (κ1) is 10.8. The highest BCUT2D eigenvalue weighted by atomic mass is 32.1. The molecule has 0 aliphatic rings. The number of rotatable bonds is 1. The largest absolute Gasteiger partial charge is 0.508 e. The first-order chi connectivity index (χ1) is 6.30. The monoisotopic (exact) mass is 221 g/mol. The Morgan fingerprint density at radius 2 is 1.86 bits per heavy atom. The van der Waals surface area contributed by atoms with Crippen LogP contribution in [-0.4, -0.2) is 10.1 Å². The third-order valence-corrected chi connectivity index (χ3v) is 1.77. The maximum absolute atomic E-state index is 12.2. The lowest BCUT2D eigenvalue weighted by Gasteiger charge is -2.08. The molecule has 1 aromatic rings. The average Bonchev–Trinajstić information content (AvgIpc) is 2.01. The topological polar surface area (TPSA) is 46.2 Å². The SMILES string of the molecule is NC(=S)c1cc(O)cc(C(F)(F)F)c1. The summed E-state index contributed by atoms with van der Waals surface area (Å²) in [5.74, 6) is -0.511. The third-order valence-electron chi connectivity index (χ3n) is 1.53. The first-order valence-electron chi connectivity index (χ1n) is 3.52. The van der Waals surface area contributed by atoms with Gasteiger partial charge in [0.2, 0.25) is 0 Å². The van der Waals surface area contributed by atoms with E-state index in [0.717, 1.165) is 12.1 Å². The van der Waals surface area contributed by atoms with Crippen LogP contribution in [0.15, 0.2) is 18.2 Å². The summed E-state index contributed by atoms with van der Waals surface area (Å²) in [5.41, 5.74) is 4.17. The Bertz CT molecular complexity index is 375. The van der Waals surface area contributed by atoms with Crippen LogP contribution in [0.25, 0.3) is 0 Å². The van der Waals surface area contributed by atoms with Gasteiger partial charge in [-0.2, -0.15) is 13.2 Å². The predicted molar refractivity (Wildman–Crippen MR) is 49.0 cm³/mol. The molecule has 0 aliphatic heterocycles. The fourth-order valence-electron chi connectivity index (χ4n) is 0.917. The summed E-state index contributed by atoms with van der Waals surface area (Å²) in [7, 11) is 0. The Morgan fingerprint density at radius 3 is 2.29 bits per heavy atom. The van der Waals surface area contributed by atoms with Crippen LogP contribution in [0.3, 0.4) is 0 Å². The van der Waals surface area contributed by atoms with E-state index in [0.29, 0.717) is 6.07 Å². The lowest BCUT2D eigenvalue weighted by atomic mass is 10.1. The Balaban J connectivity index is 3.28. The maximum Gasteiger partial charge on any atom is 0.416 e. The van der Waals surface area contributed by atoms with Crippen LogP contribution < -0.4 is 5.73 Å². The van der Waals surface area contributed by atoms with E-state index in [4.69, 9.17) is 10.8 Å². The van der Waals surface area contributed by atoms with Crippen molar-refractivity contribution in [1.29, 1.82) is 0 Å². The van der Waals surface area contributed by atoms with E-state index in [2.05, 4.69) is 12.2 Å². The van der Waals surface area contributed by atoms with Crippen molar-refractivity contribution >= 4 is 17.2 Å². The van der Waals surface area contributed by atoms with Gasteiger partial charge in [0.15, 0.2) is 0 Å². The van der Waals surface area contributed by atoms with Crippen LogP contribution in [0.1, 0.15) is 11.1 Å². The number of nitrogens with two attached hydrogens (primary N) is 1. The molecule has 0 heterocycles. The standard InChI is InChI=1S/C8H6F3NOS/c9-8(10,11)5-1-4(7(12)14)2-6(13)3-5/h1-3,13H,(H2,12,14). The number of alkyl halides is 3. The third kappa shape index (κ3) is 2.35. The number of aromatic hydroxyl groups is 1. The molecular formula is C8H6F3NOS. The summed E-state index contributed by atoms with van der Waals surface area (Å²) in [6.45, 7) is 0. The van der Waals surface area contributed by atoms with E-state index in [9.17, 15) is 13.2 Å². The number of hydrogen-bond donors (Lipinski definition) is 2. The van der Waals surface area contributed by atoms with Gasteiger partial charge in [0.25, 0.3) is 0 Å². The van der Waals surface area contributed by atoms with Crippen molar-refractivity contribution in [2.75, 3.05) is 0 Å². The average molecular weight is 221 g/mol. The van der Waals surface area contributed by atoms with Crippen molar-refractivity contribution in [2.45, 2.75) is 6.18 Å². The first-order valence-corrected chi connectivity index (χ1v) is 3.92. The second-order valence-corrected chi connectivity index (χ2v) is 3.07. The number of phenols is 1. The van der Waals surface area contributed by atoms with Crippen molar-refractivity contribution < 1.29 is 18.3 Å². The molecule has 0 spiro atoms. The lowest BCUT2D eigenvalue weighted by molar-refractivity contribution is -0.137. The minimum Gasteiger partial charge on any atom is -0.508 e. The molecule has 14 heavy (non-hydrogen) atoms. The maximum atomic E-state index is 12.2. The Morgan fingerprint density at radius 1 is 1.29 bits per heavy atom. The van der Waals surface area contributed by atoms with Crippen LogP contribution in [0.5, 0.6) is 5.75 Å². The molecule has 0 fully saturated rings. The second kappa shape index (κ2) is 3.45. The zero-order valence-corrected chi connectivity index (χ0v) is 7.62. The van der Waals surface area contributed by atoms with Crippen LogP contribution in [0, 0.1) is 0 Å². The number of halogens is 3. The number of benzene rings is 1. The summed E-state index contributed by atoms with van der Waals surface area (Å²) in [4.78, 5) is -0.189. The molecule has 0 bridgehead atoms. The molecule has 0 radical (unpaired) electrons. The van der Waals surface area contributed by atoms with Gasteiger partial charge in [0.1, 0.15) is 10.7 Å². The number of thiocarbonyl (C=S) groups is 1. The molecule has 0 aromatic heterocycles. The summed E-state index contributed by atoms with van der Waals surface area (Å²) < 4.78 is 36.6. The molecular weight excluding hydrogens is 215 g/mol. The molecule has 0 saturated carbocycles. The van der Waals surface area contributed by atoms with Gasteiger partial charge >= 0.3 is 6.18 Å². The van der Waals surface area contributed by atoms with Crippen molar-refractivity contribution in [3.8, 4) is 5.75 Å². The lowest BCUT2D eigenvalue weighted by Crippen LogP contribution is -2.12. The van der Waals surface area contributed by atoms with Crippen LogP contribution >= 0.6 is 12.2 Å². The molecule has 1 rings (SSSR count). The highest BCUT2D eigenvalue weighted by Gasteiger charge is 2.31. The number of hydrogen-bond acceptors (Lipinski definition) is 2. The zero-order valence-electron chi connectivity index (χ0n) is 6.80. The van der Waals surface area contributed by atoms with Gasteiger partial charge in [-0.15, -0.1) is 0 Å². The molecule has 1 aromatic carbocycles. The van der Waals surface area contributed by atoms with Gasteiger partial charge in [-0.25, -0.2) is 0 Å². The molecule has 76 valence electrons. The fourth-order valence-corrected chi connectivity index (χ4v) is 1.03. The Hall–Kier alpha value is -1.30. The van der Waals surface area contributed by atoms with Crippen molar-refractivity contribution in [3.63, 3.8) is 0 Å². The Kier molecular flexibility index (Phi) is 2.66. The van der Waals surface area contributed by atoms with Gasteiger partial charge < -0.3 is 10.8 Å². The Labute approximate surface area is 83.2 Å². The summed E-state index contributed by atoms with van der Waals surface area (Å²) >= 11 is 4.50. The minimum absolute atomic E-state index is 0.00711. The van der Waals surface area contributed by atoms with Crippen LogP contribution in [0.4, 0.5) is 13.2 Å². The molecule has 0 aliphatic carbocycles. The highest BCUT2D eigenvalue weighted by molar-refractivity contribution is 7.80. The molecule has 6 heteroatoms. The van der Waals surface area contributed by atoms with Gasteiger partial charge in [0, 0.05) is 5.56 Å². The van der Waals surface area contributed by atoms with Gasteiger partial charge in [0.05, 0.1) is 5.56 Å². The molecule has 0 unspecified atom stereocenters. The molecule has 3 N–H and O–H groups in total.